The Morgan fingerprint density at radius 2 is 2.18 bits per heavy atom. The fourth-order valence-electron chi connectivity index (χ4n) is 1.76. The zero-order chi connectivity index (χ0) is 12.3. The third-order valence-electron chi connectivity index (χ3n) is 2.65. The molecule has 0 spiro atoms. The molecule has 1 heterocycles. The van der Waals surface area contributed by atoms with Crippen LogP contribution in [0.4, 0.5) is 0 Å². The molecule has 0 N–H and O–H groups in total. The average molecular weight is 224 g/mol. The van der Waals surface area contributed by atoms with Crippen LogP contribution in [-0.4, -0.2) is 10.8 Å². The Kier molecular flexibility index (Phi) is 3.15. The number of aromatic nitrogens is 1. The van der Waals surface area contributed by atoms with Crippen molar-refractivity contribution in [3.63, 3.8) is 0 Å². The summed E-state index contributed by atoms with van der Waals surface area (Å²) in [6, 6.07) is 11.4. The number of para-hydroxylation sites is 1. The number of fused-ring (bicyclic) bond motifs is 1. The van der Waals surface area contributed by atoms with E-state index in [0.717, 1.165) is 5.39 Å². The van der Waals surface area contributed by atoms with Crippen molar-refractivity contribution >= 4 is 16.7 Å². The number of rotatable bonds is 3. The number of benzene rings is 1. The summed E-state index contributed by atoms with van der Waals surface area (Å²) >= 11 is 0. The molecule has 1 atom stereocenters. The highest BCUT2D eigenvalue weighted by molar-refractivity contribution is 6.06. The van der Waals surface area contributed by atoms with Gasteiger partial charge in [-0.2, -0.15) is 5.26 Å². The molecule has 0 saturated heterocycles. The minimum atomic E-state index is -0.263. The molecule has 1 unspecified atom stereocenters. The first-order valence-corrected chi connectivity index (χ1v) is 5.49. The van der Waals surface area contributed by atoms with Crippen LogP contribution in [0.2, 0.25) is 0 Å². The second kappa shape index (κ2) is 4.75. The van der Waals surface area contributed by atoms with Crippen molar-refractivity contribution in [2.75, 3.05) is 0 Å². The van der Waals surface area contributed by atoms with E-state index in [1.165, 1.54) is 0 Å². The highest BCUT2D eigenvalue weighted by Gasteiger charge is 2.13. The van der Waals surface area contributed by atoms with E-state index in [-0.39, 0.29) is 18.1 Å². The van der Waals surface area contributed by atoms with E-state index in [0.29, 0.717) is 11.1 Å². The molecule has 1 aromatic carbocycles. The number of carbonyl (C=O) groups excluding carboxylic acids is 1. The van der Waals surface area contributed by atoms with Crippen molar-refractivity contribution in [2.45, 2.75) is 13.3 Å². The number of ketones is 1. The summed E-state index contributed by atoms with van der Waals surface area (Å²) in [7, 11) is 0. The van der Waals surface area contributed by atoms with Crippen molar-refractivity contribution in [1.82, 2.24) is 4.98 Å². The molecule has 1 aromatic heterocycles. The van der Waals surface area contributed by atoms with E-state index in [4.69, 9.17) is 5.26 Å². The van der Waals surface area contributed by atoms with Gasteiger partial charge in [0.1, 0.15) is 0 Å². The Morgan fingerprint density at radius 1 is 1.41 bits per heavy atom. The average Bonchev–Trinajstić information content (AvgIpc) is 2.37. The van der Waals surface area contributed by atoms with Gasteiger partial charge in [0.15, 0.2) is 5.78 Å². The van der Waals surface area contributed by atoms with Gasteiger partial charge in [-0.1, -0.05) is 18.2 Å². The van der Waals surface area contributed by atoms with E-state index >= 15 is 0 Å². The van der Waals surface area contributed by atoms with E-state index in [2.05, 4.69) is 11.1 Å². The number of Topliss-reactive ketones (excluding diaryl/α,β-unsaturated/α-hetero) is 1. The fraction of sp³-hybridized carbons (Fsp3) is 0.214. The van der Waals surface area contributed by atoms with Crippen LogP contribution in [0.1, 0.15) is 23.7 Å². The maximum absolute atomic E-state index is 12.0. The van der Waals surface area contributed by atoms with Crippen LogP contribution in [0.15, 0.2) is 36.5 Å². The second-order valence-electron chi connectivity index (χ2n) is 4.04. The molecule has 0 saturated carbocycles. The maximum Gasteiger partial charge on any atom is 0.166 e. The lowest BCUT2D eigenvalue weighted by molar-refractivity contribution is 0.0974. The lowest BCUT2D eigenvalue weighted by Gasteiger charge is -2.05. The lowest BCUT2D eigenvalue weighted by atomic mass is 9.99. The molecule has 0 aliphatic carbocycles. The number of carbonyl (C=O) groups is 1. The normalized spacial score (nSPS) is 12.0. The van der Waals surface area contributed by atoms with Crippen molar-refractivity contribution in [3.05, 3.63) is 42.1 Å². The Labute approximate surface area is 99.7 Å². The van der Waals surface area contributed by atoms with Gasteiger partial charge in [-0.15, -0.1) is 0 Å². The van der Waals surface area contributed by atoms with Gasteiger partial charge in [-0.3, -0.25) is 9.78 Å². The largest absolute Gasteiger partial charge is 0.294 e. The highest BCUT2D eigenvalue weighted by Crippen LogP contribution is 2.18. The van der Waals surface area contributed by atoms with Crippen molar-refractivity contribution in [3.8, 4) is 6.07 Å². The van der Waals surface area contributed by atoms with Gasteiger partial charge in [0.2, 0.25) is 0 Å². The third kappa shape index (κ3) is 2.31. The van der Waals surface area contributed by atoms with Gasteiger partial charge in [0.25, 0.3) is 0 Å². The van der Waals surface area contributed by atoms with Gasteiger partial charge in [-0.05, 0) is 19.1 Å². The Morgan fingerprint density at radius 3 is 2.94 bits per heavy atom. The molecule has 0 bridgehead atoms. The van der Waals surface area contributed by atoms with Crippen LogP contribution < -0.4 is 0 Å². The van der Waals surface area contributed by atoms with Gasteiger partial charge in [-0.25, -0.2) is 0 Å². The minimum Gasteiger partial charge on any atom is -0.294 e. The standard InChI is InChI=1S/C14H12N2O/c1-10(9-15)8-13(17)12-6-2-4-11-5-3-7-16-14(11)12/h2-7,10H,8H2,1H3. The summed E-state index contributed by atoms with van der Waals surface area (Å²) in [5.41, 5.74) is 1.32. The minimum absolute atomic E-state index is 0.0247. The predicted molar refractivity (Wildman–Crippen MR) is 65.5 cm³/mol. The maximum atomic E-state index is 12.0. The number of pyridine rings is 1. The zero-order valence-electron chi connectivity index (χ0n) is 9.55. The van der Waals surface area contributed by atoms with Crippen molar-refractivity contribution in [1.29, 1.82) is 5.26 Å². The first-order chi connectivity index (χ1) is 8.22. The highest BCUT2D eigenvalue weighted by atomic mass is 16.1. The van der Waals surface area contributed by atoms with Crippen LogP contribution in [0.5, 0.6) is 0 Å². The Bertz CT molecular complexity index is 593. The molecular formula is C14H12N2O. The molecule has 0 aliphatic heterocycles. The monoisotopic (exact) mass is 224 g/mol. The number of hydrogen-bond acceptors (Lipinski definition) is 3. The van der Waals surface area contributed by atoms with Crippen LogP contribution in [0, 0.1) is 17.2 Å². The lowest BCUT2D eigenvalue weighted by Crippen LogP contribution is -2.05. The molecule has 3 heteroatoms. The van der Waals surface area contributed by atoms with Gasteiger partial charge < -0.3 is 0 Å². The Hall–Kier alpha value is -2.21. The van der Waals surface area contributed by atoms with Crippen LogP contribution in [0.3, 0.4) is 0 Å². The molecule has 0 radical (unpaired) electrons. The van der Waals surface area contributed by atoms with E-state index in [9.17, 15) is 4.79 Å². The summed E-state index contributed by atoms with van der Waals surface area (Å²) in [6.07, 6.45) is 1.92. The van der Waals surface area contributed by atoms with Crippen LogP contribution in [-0.2, 0) is 0 Å². The molecule has 3 nitrogen and oxygen atoms in total. The van der Waals surface area contributed by atoms with E-state index in [1.54, 1.807) is 19.2 Å². The van der Waals surface area contributed by atoms with E-state index < -0.39 is 0 Å². The first kappa shape index (κ1) is 11.3. The number of nitrogens with zero attached hydrogens (tertiary/aromatic N) is 2. The fourth-order valence-corrected chi connectivity index (χ4v) is 1.76. The van der Waals surface area contributed by atoms with Gasteiger partial charge in [0, 0.05) is 23.6 Å². The van der Waals surface area contributed by atoms with Crippen molar-refractivity contribution < 1.29 is 4.79 Å². The second-order valence-corrected chi connectivity index (χ2v) is 4.04. The summed E-state index contributed by atoms with van der Waals surface area (Å²) in [5.74, 6) is -0.287. The molecule has 0 amide bonds. The number of hydrogen-bond donors (Lipinski definition) is 0. The third-order valence-corrected chi connectivity index (χ3v) is 2.65. The molecule has 0 aliphatic rings. The molecule has 84 valence electrons. The van der Waals surface area contributed by atoms with Gasteiger partial charge >= 0.3 is 0 Å². The summed E-state index contributed by atoms with van der Waals surface area (Å²) in [6.45, 7) is 1.75. The number of nitriles is 1. The topological polar surface area (TPSA) is 53.8 Å². The summed E-state index contributed by atoms with van der Waals surface area (Å²) < 4.78 is 0. The van der Waals surface area contributed by atoms with Crippen LogP contribution in [0.25, 0.3) is 10.9 Å². The molecule has 17 heavy (non-hydrogen) atoms. The quantitative estimate of drug-likeness (QED) is 0.753. The molecule has 2 rings (SSSR count). The van der Waals surface area contributed by atoms with Crippen molar-refractivity contribution in [2.24, 2.45) is 5.92 Å². The van der Waals surface area contributed by atoms with E-state index in [1.807, 2.05) is 24.3 Å². The Balaban J connectivity index is 2.42. The van der Waals surface area contributed by atoms with Gasteiger partial charge in [0.05, 0.1) is 17.5 Å². The predicted octanol–water partition coefficient (Wildman–Crippen LogP) is 2.97. The molecular weight excluding hydrogens is 212 g/mol. The molecule has 2 aromatic rings. The molecule has 0 fully saturated rings. The SMILES string of the molecule is CC(C#N)CC(=O)c1cccc2cccnc12. The van der Waals surface area contributed by atoms with Crippen LogP contribution >= 0.6 is 0 Å². The zero-order valence-corrected chi connectivity index (χ0v) is 9.55. The summed E-state index contributed by atoms with van der Waals surface area (Å²) in [4.78, 5) is 16.3. The first-order valence-electron chi connectivity index (χ1n) is 5.49. The summed E-state index contributed by atoms with van der Waals surface area (Å²) in [5, 5.41) is 9.67. The smallest absolute Gasteiger partial charge is 0.166 e.